The highest BCUT2D eigenvalue weighted by molar-refractivity contribution is 4.89. The van der Waals surface area contributed by atoms with Crippen molar-refractivity contribution in [1.82, 2.24) is 0 Å². The van der Waals surface area contributed by atoms with Gasteiger partial charge in [-0.25, -0.2) is 0 Å². The maximum absolute atomic E-state index is 9.27. The van der Waals surface area contributed by atoms with Crippen LogP contribution in [-0.2, 0) is 9.47 Å². The molecule has 1 saturated carbocycles. The van der Waals surface area contributed by atoms with Crippen molar-refractivity contribution in [3.63, 3.8) is 0 Å². The molecule has 1 saturated heterocycles. The van der Waals surface area contributed by atoms with Crippen molar-refractivity contribution < 1.29 is 14.6 Å². The monoisotopic (exact) mass is 229 g/mol. The van der Waals surface area contributed by atoms with Crippen molar-refractivity contribution in [1.29, 1.82) is 0 Å². The molecule has 94 valence electrons. The summed E-state index contributed by atoms with van der Waals surface area (Å²) >= 11 is 0. The smallest absolute Gasteiger partial charge is 0.0958 e. The number of hydrogen-bond donors (Lipinski definition) is 2. The Kier molecular flexibility index (Phi) is 4.58. The van der Waals surface area contributed by atoms with Crippen molar-refractivity contribution >= 4 is 0 Å². The van der Waals surface area contributed by atoms with Crippen LogP contribution in [0.4, 0.5) is 0 Å². The molecular formula is C12H23NO3. The van der Waals surface area contributed by atoms with Crippen LogP contribution in [0, 0.1) is 11.8 Å². The fourth-order valence-corrected chi connectivity index (χ4v) is 2.24. The fourth-order valence-electron chi connectivity index (χ4n) is 2.24. The minimum absolute atomic E-state index is 0.0184. The largest absolute Gasteiger partial charge is 0.394 e. The van der Waals surface area contributed by atoms with E-state index in [4.69, 9.17) is 15.2 Å². The van der Waals surface area contributed by atoms with Gasteiger partial charge in [-0.2, -0.15) is 0 Å². The van der Waals surface area contributed by atoms with Gasteiger partial charge in [0.25, 0.3) is 0 Å². The van der Waals surface area contributed by atoms with Gasteiger partial charge in [0.2, 0.25) is 0 Å². The summed E-state index contributed by atoms with van der Waals surface area (Å²) in [7, 11) is 0. The van der Waals surface area contributed by atoms with Crippen LogP contribution < -0.4 is 5.73 Å². The van der Waals surface area contributed by atoms with Crippen molar-refractivity contribution in [2.24, 2.45) is 17.6 Å². The van der Waals surface area contributed by atoms with Crippen LogP contribution in [0.2, 0.25) is 0 Å². The summed E-state index contributed by atoms with van der Waals surface area (Å²) in [6, 6.07) is 0.0184. The quantitative estimate of drug-likeness (QED) is 0.697. The Morgan fingerprint density at radius 3 is 2.50 bits per heavy atom. The van der Waals surface area contributed by atoms with Gasteiger partial charge in [0.15, 0.2) is 0 Å². The molecule has 1 aliphatic heterocycles. The number of rotatable bonds is 6. The minimum Gasteiger partial charge on any atom is -0.394 e. The SMILES string of the molecule is NC(C1CC1)C(CO)OCC1CCOCC1. The molecule has 0 bridgehead atoms. The summed E-state index contributed by atoms with van der Waals surface area (Å²) in [6.07, 6.45) is 4.35. The second kappa shape index (κ2) is 5.96. The Labute approximate surface area is 97.1 Å². The molecule has 2 rings (SSSR count). The molecule has 0 aromatic rings. The molecule has 1 aliphatic carbocycles. The summed E-state index contributed by atoms with van der Waals surface area (Å²) in [6.45, 7) is 2.44. The summed E-state index contributed by atoms with van der Waals surface area (Å²) in [5, 5.41) is 9.27. The van der Waals surface area contributed by atoms with E-state index >= 15 is 0 Å². The first-order chi connectivity index (χ1) is 7.81. The van der Waals surface area contributed by atoms with Gasteiger partial charge in [-0.3, -0.25) is 0 Å². The average Bonchev–Trinajstić information content (AvgIpc) is 3.15. The molecule has 0 aromatic carbocycles. The first-order valence-corrected chi connectivity index (χ1v) is 6.37. The number of nitrogens with two attached hydrogens (primary N) is 1. The third-order valence-electron chi connectivity index (χ3n) is 3.66. The van der Waals surface area contributed by atoms with E-state index in [2.05, 4.69) is 0 Å². The lowest BCUT2D eigenvalue weighted by molar-refractivity contribution is -0.0423. The highest BCUT2D eigenvalue weighted by Crippen LogP contribution is 2.33. The van der Waals surface area contributed by atoms with E-state index in [1.54, 1.807) is 0 Å². The Balaban J connectivity index is 1.68. The second-order valence-corrected chi connectivity index (χ2v) is 5.02. The van der Waals surface area contributed by atoms with Gasteiger partial charge >= 0.3 is 0 Å². The van der Waals surface area contributed by atoms with Gasteiger partial charge < -0.3 is 20.3 Å². The van der Waals surface area contributed by atoms with E-state index in [0.717, 1.165) is 32.7 Å². The predicted octanol–water partition coefficient (Wildman–Crippen LogP) is 0.528. The van der Waals surface area contributed by atoms with Crippen LogP contribution in [0.3, 0.4) is 0 Å². The zero-order valence-corrected chi connectivity index (χ0v) is 9.81. The third-order valence-corrected chi connectivity index (χ3v) is 3.66. The van der Waals surface area contributed by atoms with Crippen LogP contribution in [0.1, 0.15) is 25.7 Å². The standard InChI is InChI=1S/C12H23NO3/c13-12(10-1-2-10)11(7-14)16-8-9-3-5-15-6-4-9/h9-12,14H,1-8,13H2. The highest BCUT2D eigenvalue weighted by atomic mass is 16.5. The van der Waals surface area contributed by atoms with Gasteiger partial charge in [-0.05, 0) is 37.5 Å². The zero-order chi connectivity index (χ0) is 11.4. The topological polar surface area (TPSA) is 64.7 Å². The van der Waals surface area contributed by atoms with Gasteiger partial charge in [0.05, 0.1) is 19.3 Å². The molecule has 2 atom stereocenters. The maximum Gasteiger partial charge on any atom is 0.0958 e. The summed E-state index contributed by atoms with van der Waals surface area (Å²) in [5.74, 6) is 1.15. The van der Waals surface area contributed by atoms with Gasteiger partial charge in [-0.1, -0.05) is 0 Å². The summed E-state index contributed by atoms with van der Waals surface area (Å²) in [4.78, 5) is 0. The van der Waals surface area contributed by atoms with Crippen molar-refractivity contribution in [3.8, 4) is 0 Å². The lowest BCUT2D eigenvalue weighted by atomic mass is 10.0. The number of aliphatic hydroxyl groups is 1. The number of ether oxygens (including phenoxy) is 2. The molecule has 0 amide bonds. The maximum atomic E-state index is 9.27. The highest BCUT2D eigenvalue weighted by Gasteiger charge is 2.34. The molecule has 1 heterocycles. The predicted molar refractivity (Wildman–Crippen MR) is 61.1 cm³/mol. The van der Waals surface area contributed by atoms with Gasteiger partial charge in [0.1, 0.15) is 0 Å². The zero-order valence-electron chi connectivity index (χ0n) is 9.81. The second-order valence-electron chi connectivity index (χ2n) is 5.02. The molecule has 0 spiro atoms. The van der Waals surface area contributed by atoms with Crippen LogP contribution in [-0.4, -0.2) is 43.7 Å². The van der Waals surface area contributed by atoms with Crippen LogP contribution >= 0.6 is 0 Å². The number of hydrogen-bond acceptors (Lipinski definition) is 4. The van der Waals surface area contributed by atoms with E-state index < -0.39 is 0 Å². The molecule has 4 nitrogen and oxygen atoms in total. The molecule has 0 radical (unpaired) electrons. The minimum atomic E-state index is -0.171. The van der Waals surface area contributed by atoms with E-state index in [9.17, 15) is 5.11 Å². The molecular weight excluding hydrogens is 206 g/mol. The Hall–Kier alpha value is -0.160. The third kappa shape index (κ3) is 3.42. The Morgan fingerprint density at radius 1 is 1.25 bits per heavy atom. The Morgan fingerprint density at radius 2 is 1.94 bits per heavy atom. The molecule has 4 heteroatoms. The van der Waals surface area contributed by atoms with E-state index in [1.807, 2.05) is 0 Å². The van der Waals surface area contributed by atoms with E-state index in [0.29, 0.717) is 11.8 Å². The van der Waals surface area contributed by atoms with Crippen LogP contribution in [0.25, 0.3) is 0 Å². The molecule has 2 fully saturated rings. The first kappa shape index (κ1) is 12.3. The number of aliphatic hydroxyl groups excluding tert-OH is 1. The van der Waals surface area contributed by atoms with Crippen molar-refractivity contribution in [2.75, 3.05) is 26.4 Å². The lowest BCUT2D eigenvalue weighted by Gasteiger charge is -2.27. The van der Waals surface area contributed by atoms with Crippen molar-refractivity contribution in [2.45, 2.75) is 37.8 Å². The average molecular weight is 229 g/mol. The molecule has 0 aromatic heterocycles. The summed E-state index contributed by atoms with van der Waals surface area (Å²) in [5.41, 5.74) is 6.04. The van der Waals surface area contributed by atoms with Crippen LogP contribution in [0.5, 0.6) is 0 Å². The molecule has 16 heavy (non-hydrogen) atoms. The summed E-state index contributed by atoms with van der Waals surface area (Å²) < 4.78 is 11.1. The molecule has 3 N–H and O–H groups in total. The lowest BCUT2D eigenvalue weighted by Crippen LogP contribution is -2.42. The van der Waals surface area contributed by atoms with E-state index in [1.165, 1.54) is 12.8 Å². The van der Waals surface area contributed by atoms with E-state index in [-0.39, 0.29) is 18.8 Å². The molecule has 2 unspecified atom stereocenters. The van der Waals surface area contributed by atoms with Gasteiger partial charge in [0, 0.05) is 19.3 Å². The normalized spacial score (nSPS) is 26.6. The van der Waals surface area contributed by atoms with Gasteiger partial charge in [-0.15, -0.1) is 0 Å². The molecule has 2 aliphatic rings. The van der Waals surface area contributed by atoms with Crippen LogP contribution in [0.15, 0.2) is 0 Å². The fraction of sp³-hybridized carbons (Fsp3) is 1.00. The first-order valence-electron chi connectivity index (χ1n) is 6.37. The Bertz CT molecular complexity index is 202. The van der Waals surface area contributed by atoms with Crippen molar-refractivity contribution in [3.05, 3.63) is 0 Å².